The number of anilines is 1. The molecule has 0 aliphatic rings. The van der Waals surface area contributed by atoms with Gasteiger partial charge in [-0.05, 0) is 24.3 Å². The van der Waals surface area contributed by atoms with Crippen LogP contribution in [0, 0.1) is 10.1 Å². The van der Waals surface area contributed by atoms with Gasteiger partial charge in [-0.15, -0.1) is 0 Å². The molecule has 0 heterocycles. The number of carboxylic acids is 1. The van der Waals surface area contributed by atoms with Gasteiger partial charge in [0.15, 0.2) is 6.61 Å². The minimum absolute atomic E-state index is 0.201. The molecule has 0 bridgehead atoms. The van der Waals surface area contributed by atoms with Gasteiger partial charge in [0, 0.05) is 11.6 Å². The number of rotatable bonds is 7. The number of hydrogen-bond donors (Lipinski definition) is 2. The van der Waals surface area contributed by atoms with Gasteiger partial charge in [0.1, 0.15) is 11.4 Å². The molecule has 142 valence electrons. The van der Waals surface area contributed by atoms with Crippen LogP contribution in [0.15, 0.2) is 47.6 Å². The van der Waals surface area contributed by atoms with Crippen molar-refractivity contribution < 1.29 is 32.7 Å². The number of nitro benzene ring substituents is 1. The summed E-state index contributed by atoms with van der Waals surface area (Å²) in [7, 11) is 0. The first-order valence-corrected chi connectivity index (χ1v) is 7.27. The monoisotopic (exact) mass is 383 g/mol. The number of halogens is 3. The molecule has 11 heteroatoms. The van der Waals surface area contributed by atoms with Crippen molar-refractivity contribution in [3.8, 4) is 5.75 Å². The minimum Gasteiger partial charge on any atom is -0.481 e. The maximum absolute atomic E-state index is 12.7. The summed E-state index contributed by atoms with van der Waals surface area (Å²) in [5.74, 6) is -0.979. The van der Waals surface area contributed by atoms with Crippen molar-refractivity contribution in [3.05, 3.63) is 63.7 Å². The fourth-order valence-electron chi connectivity index (χ4n) is 1.98. The number of nitro groups is 1. The van der Waals surface area contributed by atoms with Gasteiger partial charge >= 0.3 is 12.1 Å². The zero-order valence-corrected chi connectivity index (χ0v) is 13.4. The third kappa shape index (κ3) is 5.42. The summed E-state index contributed by atoms with van der Waals surface area (Å²) in [6.45, 7) is -0.581. The molecule has 2 N–H and O–H groups in total. The van der Waals surface area contributed by atoms with Gasteiger partial charge in [0.05, 0.1) is 16.7 Å². The lowest BCUT2D eigenvalue weighted by atomic mass is 10.1. The molecule has 0 radical (unpaired) electrons. The van der Waals surface area contributed by atoms with Crippen molar-refractivity contribution in [2.75, 3.05) is 12.0 Å². The Morgan fingerprint density at radius 2 is 2.00 bits per heavy atom. The molecule has 0 aromatic heterocycles. The average Bonchev–Trinajstić information content (AvgIpc) is 2.60. The van der Waals surface area contributed by atoms with Gasteiger partial charge in [-0.25, -0.2) is 4.79 Å². The van der Waals surface area contributed by atoms with Crippen molar-refractivity contribution in [2.45, 2.75) is 6.18 Å². The Morgan fingerprint density at radius 1 is 1.30 bits per heavy atom. The van der Waals surface area contributed by atoms with Crippen LogP contribution in [-0.4, -0.2) is 28.8 Å². The zero-order chi connectivity index (χ0) is 20.0. The fraction of sp³-hybridized carbons (Fsp3) is 0.125. The van der Waals surface area contributed by atoms with Crippen LogP contribution < -0.4 is 10.2 Å². The number of carboxylic acid groups (broad SMARTS) is 1. The van der Waals surface area contributed by atoms with Crippen LogP contribution in [0.2, 0.25) is 0 Å². The smallest absolute Gasteiger partial charge is 0.416 e. The number of nitrogens with zero attached hydrogens (tertiary/aromatic N) is 2. The molecule has 0 amide bonds. The van der Waals surface area contributed by atoms with Crippen molar-refractivity contribution >= 4 is 23.6 Å². The highest BCUT2D eigenvalue weighted by molar-refractivity contribution is 5.84. The minimum atomic E-state index is -4.72. The SMILES string of the molecule is O=C(O)COc1ccccc1/C=N\Nc1ccc(C(F)(F)F)cc1[N+](=O)[O-]. The number of hydrogen-bond acceptors (Lipinski definition) is 6. The summed E-state index contributed by atoms with van der Waals surface area (Å²) in [6, 6.07) is 8.24. The van der Waals surface area contributed by atoms with E-state index in [2.05, 4.69) is 10.5 Å². The molecule has 27 heavy (non-hydrogen) atoms. The Balaban J connectivity index is 2.22. The van der Waals surface area contributed by atoms with E-state index in [1.807, 2.05) is 0 Å². The molecular formula is C16H12F3N3O5. The molecule has 2 aromatic rings. The second-order valence-corrected chi connectivity index (χ2v) is 5.08. The predicted molar refractivity (Wildman–Crippen MR) is 88.9 cm³/mol. The molecule has 2 rings (SSSR count). The van der Waals surface area contributed by atoms with E-state index in [1.165, 1.54) is 12.3 Å². The molecule has 0 spiro atoms. The van der Waals surface area contributed by atoms with Crippen LogP contribution in [0.1, 0.15) is 11.1 Å². The summed E-state index contributed by atoms with van der Waals surface area (Å²) in [4.78, 5) is 20.6. The van der Waals surface area contributed by atoms with E-state index in [1.54, 1.807) is 18.2 Å². The van der Waals surface area contributed by atoms with E-state index in [0.29, 0.717) is 17.7 Å². The summed E-state index contributed by atoms with van der Waals surface area (Å²) in [5.41, 5.74) is 0.471. The van der Waals surface area contributed by atoms with E-state index in [4.69, 9.17) is 9.84 Å². The highest BCUT2D eigenvalue weighted by atomic mass is 19.4. The van der Waals surface area contributed by atoms with E-state index in [9.17, 15) is 28.1 Å². The number of nitrogens with one attached hydrogen (secondary N) is 1. The summed E-state index contributed by atoms with van der Waals surface area (Å²) in [5, 5.41) is 23.4. The fourth-order valence-corrected chi connectivity index (χ4v) is 1.98. The van der Waals surface area contributed by atoms with Gasteiger partial charge in [-0.1, -0.05) is 12.1 Å². The Morgan fingerprint density at radius 3 is 2.63 bits per heavy atom. The van der Waals surface area contributed by atoms with Crippen LogP contribution in [0.25, 0.3) is 0 Å². The predicted octanol–water partition coefficient (Wildman–Crippen LogP) is 3.52. The lowest BCUT2D eigenvalue weighted by molar-refractivity contribution is -0.384. The second kappa shape index (κ2) is 8.17. The van der Waals surface area contributed by atoms with Crippen molar-refractivity contribution in [1.82, 2.24) is 0 Å². The number of para-hydroxylation sites is 1. The number of carbonyl (C=O) groups is 1. The molecule has 0 saturated carbocycles. The molecule has 0 atom stereocenters. The van der Waals surface area contributed by atoms with Crippen molar-refractivity contribution in [2.24, 2.45) is 5.10 Å². The van der Waals surface area contributed by atoms with Gasteiger partial charge in [0.2, 0.25) is 0 Å². The number of hydrazone groups is 1. The largest absolute Gasteiger partial charge is 0.481 e. The maximum atomic E-state index is 12.7. The van der Waals surface area contributed by atoms with Gasteiger partial charge in [-0.3, -0.25) is 15.5 Å². The Kier molecular flexibility index (Phi) is 5.96. The Hall–Kier alpha value is -3.63. The third-order valence-electron chi connectivity index (χ3n) is 3.18. The van der Waals surface area contributed by atoms with E-state index < -0.39 is 34.9 Å². The first-order chi connectivity index (χ1) is 12.7. The summed E-state index contributed by atoms with van der Waals surface area (Å²) in [6.07, 6.45) is -3.52. The van der Waals surface area contributed by atoms with Crippen LogP contribution in [0.4, 0.5) is 24.5 Å². The molecule has 0 unspecified atom stereocenters. The molecule has 0 fully saturated rings. The average molecular weight is 383 g/mol. The topological polar surface area (TPSA) is 114 Å². The van der Waals surface area contributed by atoms with E-state index in [-0.39, 0.29) is 11.4 Å². The molecule has 0 aliphatic carbocycles. The van der Waals surface area contributed by atoms with Gasteiger partial charge in [-0.2, -0.15) is 18.3 Å². The number of ether oxygens (including phenoxy) is 1. The van der Waals surface area contributed by atoms with Gasteiger partial charge in [0.25, 0.3) is 5.69 Å². The molecule has 2 aromatic carbocycles. The van der Waals surface area contributed by atoms with Crippen LogP contribution in [0.3, 0.4) is 0 Å². The van der Waals surface area contributed by atoms with Crippen LogP contribution in [0.5, 0.6) is 5.75 Å². The highest BCUT2D eigenvalue weighted by Crippen LogP contribution is 2.34. The summed E-state index contributed by atoms with van der Waals surface area (Å²) >= 11 is 0. The molecular weight excluding hydrogens is 371 g/mol. The number of alkyl halides is 3. The molecule has 8 nitrogen and oxygen atoms in total. The Bertz CT molecular complexity index is 884. The van der Waals surface area contributed by atoms with Crippen LogP contribution >= 0.6 is 0 Å². The first kappa shape index (κ1) is 19.7. The first-order valence-electron chi connectivity index (χ1n) is 7.27. The van der Waals surface area contributed by atoms with Gasteiger partial charge < -0.3 is 9.84 Å². The number of aliphatic carboxylic acids is 1. The number of benzene rings is 2. The van der Waals surface area contributed by atoms with Crippen molar-refractivity contribution in [3.63, 3.8) is 0 Å². The van der Waals surface area contributed by atoms with E-state index in [0.717, 1.165) is 6.07 Å². The molecule has 0 saturated heterocycles. The normalized spacial score (nSPS) is 11.4. The zero-order valence-electron chi connectivity index (χ0n) is 13.4. The van der Waals surface area contributed by atoms with Crippen molar-refractivity contribution in [1.29, 1.82) is 0 Å². The summed E-state index contributed by atoms with van der Waals surface area (Å²) < 4.78 is 43.1. The lowest BCUT2D eigenvalue weighted by Crippen LogP contribution is -2.10. The standard InChI is InChI=1S/C16H12F3N3O5/c17-16(18,19)11-5-6-12(13(7-11)22(25)26)21-20-8-10-3-1-2-4-14(10)27-9-15(23)24/h1-8,21H,9H2,(H,23,24)/b20-8-. The maximum Gasteiger partial charge on any atom is 0.416 e. The van der Waals surface area contributed by atoms with Crippen LogP contribution in [-0.2, 0) is 11.0 Å². The second-order valence-electron chi connectivity index (χ2n) is 5.08. The quantitative estimate of drug-likeness (QED) is 0.430. The lowest BCUT2D eigenvalue weighted by Gasteiger charge is -2.09. The molecule has 0 aliphatic heterocycles. The Labute approximate surface area is 150 Å². The highest BCUT2D eigenvalue weighted by Gasteiger charge is 2.33. The van der Waals surface area contributed by atoms with E-state index >= 15 is 0 Å². The third-order valence-corrected chi connectivity index (χ3v) is 3.18.